The van der Waals surface area contributed by atoms with Gasteiger partial charge in [-0.3, -0.25) is 0 Å². The zero-order chi connectivity index (χ0) is 12.9. The summed E-state index contributed by atoms with van der Waals surface area (Å²) in [5.74, 6) is -0.370. The normalized spacial score (nSPS) is 10.4. The maximum absolute atomic E-state index is 13.2. The second-order valence-corrected chi connectivity index (χ2v) is 4.32. The summed E-state index contributed by atoms with van der Waals surface area (Å²) in [5, 5.41) is 17.6. The maximum atomic E-state index is 13.2. The molecule has 0 bridgehead atoms. The van der Waals surface area contributed by atoms with Crippen molar-refractivity contribution >= 4 is 0 Å². The Morgan fingerprint density at radius 1 is 1.35 bits per heavy atom. The molecule has 0 atom stereocenters. The molecule has 0 unspecified atom stereocenters. The Balaban J connectivity index is 2.69. The van der Waals surface area contributed by atoms with Crippen LogP contribution < -0.4 is 4.74 Å². The minimum Gasteiger partial charge on any atom is -0.492 e. The molecule has 0 aromatic heterocycles. The van der Waals surface area contributed by atoms with Gasteiger partial charge < -0.3 is 4.74 Å². The SMILES string of the molecule is CC(C)(C#N)CCOc1cccc(F)c1C#N. The molecule has 17 heavy (non-hydrogen) atoms. The van der Waals surface area contributed by atoms with Crippen molar-refractivity contribution in [3.63, 3.8) is 0 Å². The maximum Gasteiger partial charge on any atom is 0.144 e. The van der Waals surface area contributed by atoms with Gasteiger partial charge in [-0.05, 0) is 32.4 Å². The van der Waals surface area contributed by atoms with E-state index < -0.39 is 11.2 Å². The molecule has 0 aliphatic carbocycles. The standard InChI is InChI=1S/C13H13FN2O/c1-13(2,9-16)6-7-17-12-5-3-4-11(14)10(12)8-15/h3-5H,6-7H2,1-2H3. The van der Waals surface area contributed by atoms with Crippen LogP contribution in [0.3, 0.4) is 0 Å². The molecule has 1 aromatic rings. The van der Waals surface area contributed by atoms with Crippen molar-refractivity contribution in [1.82, 2.24) is 0 Å². The van der Waals surface area contributed by atoms with Gasteiger partial charge >= 0.3 is 0 Å². The van der Waals surface area contributed by atoms with Crippen molar-refractivity contribution in [2.45, 2.75) is 20.3 Å². The van der Waals surface area contributed by atoms with Crippen molar-refractivity contribution in [1.29, 1.82) is 10.5 Å². The molecular formula is C13H13FN2O. The summed E-state index contributed by atoms with van der Waals surface area (Å²) in [6.07, 6.45) is 0.519. The highest BCUT2D eigenvalue weighted by atomic mass is 19.1. The number of nitrogens with zero attached hydrogens (tertiary/aromatic N) is 2. The Labute approximate surface area is 100 Å². The molecule has 0 fully saturated rings. The predicted octanol–water partition coefficient (Wildman–Crippen LogP) is 3.02. The molecule has 3 nitrogen and oxygen atoms in total. The zero-order valence-corrected chi connectivity index (χ0v) is 9.83. The van der Waals surface area contributed by atoms with E-state index >= 15 is 0 Å². The first-order valence-electron chi connectivity index (χ1n) is 5.23. The van der Waals surface area contributed by atoms with Gasteiger partial charge in [0.2, 0.25) is 0 Å². The van der Waals surface area contributed by atoms with Crippen molar-refractivity contribution in [2.75, 3.05) is 6.61 Å². The molecule has 88 valence electrons. The lowest BCUT2D eigenvalue weighted by atomic mass is 9.92. The number of hydrogen-bond acceptors (Lipinski definition) is 3. The van der Waals surface area contributed by atoms with Crippen LogP contribution in [0.15, 0.2) is 18.2 Å². The minimum atomic E-state index is -0.593. The average molecular weight is 232 g/mol. The lowest BCUT2D eigenvalue weighted by Gasteiger charge is -2.15. The third-order valence-corrected chi connectivity index (χ3v) is 2.37. The molecule has 0 saturated heterocycles. The first-order valence-corrected chi connectivity index (χ1v) is 5.23. The van der Waals surface area contributed by atoms with E-state index in [0.717, 1.165) is 0 Å². The quantitative estimate of drug-likeness (QED) is 0.801. The molecule has 0 heterocycles. The molecule has 1 rings (SSSR count). The van der Waals surface area contributed by atoms with Crippen LogP contribution in [-0.2, 0) is 0 Å². The summed E-state index contributed by atoms with van der Waals surface area (Å²) >= 11 is 0. The number of hydrogen-bond donors (Lipinski definition) is 0. The van der Waals surface area contributed by atoms with Crippen LogP contribution in [0.4, 0.5) is 4.39 Å². The van der Waals surface area contributed by atoms with E-state index in [1.807, 2.05) is 0 Å². The van der Waals surface area contributed by atoms with Gasteiger partial charge in [0.1, 0.15) is 23.2 Å². The molecule has 4 heteroatoms. The first kappa shape index (κ1) is 13.0. The Morgan fingerprint density at radius 2 is 2.06 bits per heavy atom. The summed E-state index contributed by atoms with van der Waals surface area (Å²) in [5.41, 5.74) is -0.581. The zero-order valence-electron chi connectivity index (χ0n) is 9.83. The fourth-order valence-corrected chi connectivity index (χ4v) is 1.21. The molecular weight excluding hydrogens is 219 g/mol. The van der Waals surface area contributed by atoms with Gasteiger partial charge in [-0.25, -0.2) is 4.39 Å². The lowest BCUT2D eigenvalue weighted by molar-refractivity contribution is 0.263. The van der Waals surface area contributed by atoms with E-state index in [9.17, 15) is 4.39 Å². The molecule has 0 N–H and O–H groups in total. The Bertz CT molecular complexity index is 483. The Morgan fingerprint density at radius 3 is 2.65 bits per heavy atom. The fraction of sp³-hybridized carbons (Fsp3) is 0.385. The summed E-state index contributed by atoms with van der Waals surface area (Å²) in [6, 6.07) is 8.15. The molecule has 0 radical (unpaired) electrons. The van der Waals surface area contributed by atoms with E-state index in [0.29, 0.717) is 6.42 Å². The van der Waals surface area contributed by atoms with Crippen LogP contribution in [0.5, 0.6) is 5.75 Å². The Kier molecular flexibility index (Phi) is 4.06. The van der Waals surface area contributed by atoms with Gasteiger partial charge in [-0.2, -0.15) is 10.5 Å². The van der Waals surface area contributed by atoms with Crippen molar-refractivity contribution in [2.24, 2.45) is 5.41 Å². The van der Waals surface area contributed by atoms with E-state index in [-0.39, 0.29) is 17.9 Å². The number of halogens is 1. The number of rotatable bonds is 4. The average Bonchev–Trinajstić information content (AvgIpc) is 2.29. The van der Waals surface area contributed by atoms with E-state index in [4.69, 9.17) is 15.3 Å². The number of nitriles is 2. The number of benzene rings is 1. The number of ether oxygens (including phenoxy) is 1. The molecule has 0 aliphatic heterocycles. The highest BCUT2D eigenvalue weighted by Gasteiger charge is 2.17. The monoisotopic (exact) mass is 232 g/mol. The van der Waals surface area contributed by atoms with Crippen molar-refractivity contribution < 1.29 is 9.13 Å². The van der Waals surface area contributed by atoms with Gasteiger partial charge in [0.25, 0.3) is 0 Å². The summed E-state index contributed by atoms with van der Waals surface area (Å²) in [7, 11) is 0. The first-order chi connectivity index (χ1) is 8.00. The van der Waals surface area contributed by atoms with E-state index in [1.165, 1.54) is 12.1 Å². The highest BCUT2D eigenvalue weighted by molar-refractivity contribution is 5.43. The van der Waals surface area contributed by atoms with E-state index in [2.05, 4.69) is 6.07 Å². The minimum absolute atomic E-state index is 0.0951. The van der Waals surface area contributed by atoms with Gasteiger partial charge in [-0.15, -0.1) is 0 Å². The largest absolute Gasteiger partial charge is 0.492 e. The molecule has 0 amide bonds. The molecule has 0 saturated carbocycles. The van der Waals surface area contributed by atoms with Gasteiger partial charge in [0.05, 0.1) is 18.1 Å². The summed E-state index contributed by atoms with van der Waals surface area (Å²) in [4.78, 5) is 0. The van der Waals surface area contributed by atoms with Crippen molar-refractivity contribution in [3.8, 4) is 17.9 Å². The summed E-state index contributed by atoms with van der Waals surface area (Å²) in [6.45, 7) is 3.87. The smallest absolute Gasteiger partial charge is 0.144 e. The van der Waals surface area contributed by atoms with Crippen LogP contribution in [0.25, 0.3) is 0 Å². The van der Waals surface area contributed by atoms with Crippen LogP contribution in [-0.4, -0.2) is 6.61 Å². The molecule has 0 spiro atoms. The second kappa shape index (κ2) is 5.32. The van der Waals surface area contributed by atoms with Gasteiger partial charge in [0, 0.05) is 0 Å². The topological polar surface area (TPSA) is 56.8 Å². The van der Waals surface area contributed by atoms with Gasteiger partial charge in [0.15, 0.2) is 0 Å². The third kappa shape index (κ3) is 3.46. The Hall–Kier alpha value is -2.07. The summed E-state index contributed by atoms with van der Waals surface area (Å²) < 4.78 is 18.6. The van der Waals surface area contributed by atoms with Crippen LogP contribution in [0.1, 0.15) is 25.8 Å². The highest BCUT2D eigenvalue weighted by Crippen LogP contribution is 2.23. The third-order valence-electron chi connectivity index (χ3n) is 2.37. The fourth-order valence-electron chi connectivity index (χ4n) is 1.21. The molecule has 1 aromatic carbocycles. The second-order valence-electron chi connectivity index (χ2n) is 4.32. The predicted molar refractivity (Wildman–Crippen MR) is 60.6 cm³/mol. The lowest BCUT2D eigenvalue weighted by Crippen LogP contribution is -2.13. The van der Waals surface area contributed by atoms with Crippen molar-refractivity contribution in [3.05, 3.63) is 29.6 Å². The van der Waals surface area contributed by atoms with Gasteiger partial charge in [-0.1, -0.05) is 6.07 Å². The van der Waals surface area contributed by atoms with Crippen LogP contribution in [0.2, 0.25) is 0 Å². The molecule has 0 aliphatic rings. The van der Waals surface area contributed by atoms with Crippen LogP contribution in [0, 0.1) is 33.9 Å². The van der Waals surface area contributed by atoms with E-state index in [1.54, 1.807) is 26.0 Å². The van der Waals surface area contributed by atoms with Crippen LogP contribution >= 0.6 is 0 Å².